The van der Waals surface area contributed by atoms with Crippen LogP contribution in [0.4, 0.5) is 0 Å². The third-order valence-electron chi connectivity index (χ3n) is 5.10. The molecular weight excluding hydrogens is 316 g/mol. The quantitative estimate of drug-likeness (QED) is 0.761. The third kappa shape index (κ3) is 5.85. The lowest BCUT2D eigenvalue weighted by atomic mass is 9.94. The number of piperidine rings is 1. The second kappa shape index (κ2) is 9.56. The van der Waals surface area contributed by atoms with Crippen molar-refractivity contribution in [3.05, 3.63) is 35.4 Å². The van der Waals surface area contributed by atoms with Gasteiger partial charge in [-0.05, 0) is 43.2 Å². The minimum atomic E-state index is -0.0161. The number of carbonyl (C=O) groups is 2. The summed E-state index contributed by atoms with van der Waals surface area (Å²) in [6, 6.07) is 7.87. The van der Waals surface area contributed by atoms with Crippen LogP contribution >= 0.6 is 0 Å². The Hall–Kier alpha value is -1.88. The van der Waals surface area contributed by atoms with Crippen LogP contribution in [0.2, 0.25) is 0 Å². The number of hydrogen-bond acceptors (Lipinski definition) is 3. The van der Waals surface area contributed by atoms with Crippen molar-refractivity contribution < 1.29 is 14.3 Å². The molecule has 0 bridgehead atoms. The van der Waals surface area contributed by atoms with E-state index in [4.69, 9.17) is 4.74 Å². The van der Waals surface area contributed by atoms with Gasteiger partial charge in [-0.1, -0.05) is 24.3 Å². The van der Waals surface area contributed by atoms with E-state index in [0.29, 0.717) is 12.3 Å². The number of likely N-dealkylation sites (N-methyl/N-ethyl adjacent to an activating group) is 1. The second-order valence-corrected chi connectivity index (χ2v) is 6.96. The van der Waals surface area contributed by atoms with Gasteiger partial charge in [0.25, 0.3) is 0 Å². The summed E-state index contributed by atoms with van der Waals surface area (Å²) in [6.45, 7) is 4.52. The fraction of sp³-hybridized carbons (Fsp3) is 0.600. The topological polar surface area (TPSA) is 49.9 Å². The van der Waals surface area contributed by atoms with Crippen molar-refractivity contribution in [2.45, 2.75) is 32.6 Å². The normalized spacial score (nSPS) is 15.2. The van der Waals surface area contributed by atoms with Gasteiger partial charge in [-0.2, -0.15) is 0 Å². The maximum absolute atomic E-state index is 12.5. The molecule has 1 aliphatic heterocycles. The lowest BCUT2D eigenvalue weighted by Crippen LogP contribution is -2.45. The van der Waals surface area contributed by atoms with Gasteiger partial charge in [0.05, 0.1) is 13.0 Å². The minimum Gasteiger partial charge on any atom is -0.385 e. The lowest BCUT2D eigenvalue weighted by Gasteiger charge is -2.33. The molecule has 1 saturated heterocycles. The molecule has 25 heavy (non-hydrogen) atoms. The Kier molecular flexibility index (Phi) is 7.44. The molecule has 5 nitrogen and oxygen atoms in total. The summed E-state index contributed by atoms with van der Waals surface area (Å²) in [6.07, 6.45) is 3.45. The van der Waals surface area contributed by atoms with E-state index in [1.807, 2.05) is 36.1 Å². The first-order chi connectivity index (χ1) is 12.0. The van der Waals surface area contributed by atoms with E-state index in [-0.39, 0.29) is 18.4 Å². The Balaban J connectivity index is 1.78. The molecular formula is C20H30N2O3. The standard InChI is InChI=1S/C20H30N2O3/c1-16-6-4-5-7-18(16)14-19(23)21(2)15-20(24)22-11-8-17(9-12-22)10-13-25-3/h4-7,17H,8-15H2,1-3H3. The Labute approximate surface area is 150 Å². The highest BCUT2D eigenvalue weighted by Gasteiger charge is 2.24. The molecule has 1 aliphatic rings. The maximum Gasteiger partial charge on any atom is 0.242 e. The van der Waals surface area contributed by atoms with Crippen LogP contribution in [-0.4, -0.2) is 62.0 Å². The number of aryl methyl sites for hydroxylation is 1. The summed E-state index contributed by atoms with van der Waals surface area (Å²) in [7, 11) is 3.44. The number of methoxy groups -OCH3 is 1. The molecule has 138 valence electrons. The summed E-state index contributed by atoms with van der Waals surface area (Å²) in [5.41, 5.74) is 2.12. The minimum absolute atomic E-state index is 0.0161. The highest BCUT2D eigenvalue weighted by atomic mass is 16.5. The van der Waals surface area contributed by atoms with Crippen LogP contribution in [0.3, 0.4) is 0 Å². The predicted octanol–water partition coefficient (Wildman–Crippen LogP) is 2.27. The molecule has 1 aromatic rings. The van der Waals surface area contributed by atoms with Crippen molar-refractivity contribution >= 4 is 11.8 Å². The van der Waals surface area contributed by atoms with Crippen molar-refractivity contribution in [2.24, 2.45) is 5.92 Å². The Morgan fingerprint density at radius 2 is 1.92 bits per heavy atom. The fourth-order valence-electron chi connectivity index (χ4n) is 3.25. The number of hydrogen-bond donors (Lipinski definition) is 0. The van der Waals surface area contributed by atoms with Gasteiger partial charge in [-0.25, -0.2) is 0 Å². The van der Waals surface area contributed by atoms with E-state index in [9.17, 15) is 9.59 Å². The van der Waals surface area contributed by atoms with Crippen LogP contribution in [-0.2, 0) is 20.7 Å². The molecule has 2 rings (SSSR count). The van der Waals surface area contributed by atoms with E-state index in [1.54, 1.807) is 19.1 Å². The molecule has 1 heterocycles. The van der Waals surface area contributed by atoms with Crippen LogP contribution in [0.1, 0.15) is 30.4 Å². The molecule has 1 fully saturated rings. The number of likely N-dealkylation sites (tertiary alicyclic amines) is 1. The molecule has 0 saturated carbocycles. The number of rotatable bonds is 7. The van der Waals surface area contributed by atoms with Gasteiger partial charge >= 0.3 is 0 Å². The Bertz CT molecular complexity index is 580. The average molecular weight is 346 g/mol. The summed E-state index contributed by atoms with van der Waals surface area (Å²) in [5, 5.41) is 0. The Morgan fingerprint density at radius 1 is 1.24 bits per heavy atom. The summed E-state index contributed by atoms with van der Waals surface area (Å²) < 4.78 is 5.13. The molecule has 0 aliphatic carbocycles. The molecule has 0 spiro atoms. The molecule has 5 heteroatoms. The average Bonchev–Trinajstić information content (AvgIpc) is 2.62. The van der Waals surface area contributed by atoms with Crippen molar-refractivity contribution in [1.82, 2.24) is 9.80 Å². The number of ether oxygens (including phenoxy) is 1. The molecule has 2 amide bonds. The van der Waals surface area contributed by atoms with Crippen molar-refractivity contribution in [3.63, 3.8) is 0 Å². The zero-order valence-electron chi connectivity index (χ0n) is 15.7. The zero-order valence-corrected chi connectivity index (χ0v) is 15.7. The van der Waals surface area contributed by atoms with E-state index >= 15 is 0 Å². The van der Waals surface area contributed by atoms with Crippen molar-refractivity contribution in [2.75, 3.05) is 40.4 Å². The number of benzene rings is 1. The van der Waals surface area contributed by atoms with Gasteiger partial charge < -0.3 is 14.5 Å². The van der Waals surface area contributed by atoms with Gasteiger partial charge in [0.15, 0.2) is 0 Å². The first kappa shape index (κ1) is 19.4. The third-order valence-corrected chi connectivity index (χ3v) is 5.10. The smallest absolute Gasteiger partial charge is 0.242 e. The predicted molar refractivity (Wildman–Crippen MR) is 98.3 cm³/mol. The highest BCUT2D eigenvalue weighted by molar-refractivity contribution is 5.85. The van der Waals surface area contributed by atoms with E-state index in [1.165, 1.54) is 0 Å². The van der Waals surface area contributed by atoms with Crippen LogP contribution in [0.5, 0.6) is 0 Å². The molecule has 0 N–H and O–H groups in total. The van der Waals surface area contributed by atoms with E-state index in [0.717, 1.165) is 50.1 Å². The summed E-state index contributed by atoms with van der Waals surface area (Å²) >= 11 is 0. The van der Waals surface area contributed by atoms with Crippen molar-refractivity contribution in [3.8, 4) is 0 Å². The first-order valence-electron chi connectivity index (χ1n) is 9.06. The van der Waals surface area contributed by atoms with Gasteiger partial charge in [-0.3, -0.25) is 9.59 Å². The number of nitrogens with zero attached hydrogens (tertiary/aromatic N) is 2. The van der Waals surface area contributed by atoms with Gasteiger partial charge in [-0.15, -0.1) is 0 Å². The second-order valence-electron chi connectivity index (χ2n) is 6.96. The molecule has 0 unspecified atom stereocenters. The van der Waals surface area contributed by atoms with E-state index < -0.39 is 0 Å². The maximum atomic E-state index is 12.5. The molecule has 0 aromatic heterocycles. The van der Waals surface area contributed by atoms with Crippen molar-refractivity contribution in [1.29, 1.82) is 0 Å². The number of amides is 2. The first-order valence-corrected chi connectivity index (χ1v) is 9.06. The highest BCUT2D eigenvalue weighted by Crippen LogP contribution is 2.20. The zero-order chi connectivity index (χ0) is 18.2. The van der Waals surface area contributed by atoms with Crippen LogP contribution in [0.15, 0.2) is 24.3 Å². The fourth-order valence-corrected chi connectivity index (χ4v) is 3.25. The van der Waals surface area contributed by atoms with Gasteiger partial charge in [0.1, 0.15) is 0 Å². The lowest BCUT2D eigenvalue weighted by molar-refractivity contribution is -0.140. The van der Waals surface area contributed by atoms with Crippen LogP contribution < -0.4 is 0 Å². The van der Waals surface area contributed by atoms with Gasteiger partial charge in [0.2, 0.25) is 11.8 Å². The monoisotopic (exact) mass is 346 g/mol. The van der Waals surface area contributed by atoms with E-state index in [2.05, 4.69) is 0 Å². The Morgan fingerprint density at radius 3 is 2.56 bits per heavy atom. The summed E-state index contributed by atoms with van der Waals surface area (Å²) in [5.74, 6) is 0.674. The largest absolute Gasteiger partial charge is 0.385 e. The van der Waals surface area contributed by atoms with Crippen LogP contribution in [0.25, 0.3) is 0 Å². The molecule has 0 atom stereocenters. The summed E-state index contributed by atoms with van der Waals surface area (Å²) in [4.78, 5) is 28.3. The molecule has 1 aromatic carbocycles. The molecule has 0 radical (unpaired) electrons. The van der Waals surface area contributed by atoms with Crippen LogP contribution in [0, 0.1) is 12.8 Å². The SMILES string of the molecule is COCCC1CCN(C(=O)CN(C)C(=O)Cc2ccccc2C)CC1. The van der Waals surface area contributed by atoms with Gasteiger partial charge in [0, 0.05) is 33.9 Å². The number of carbonyl (C=O) groups excluding carboxylic acids is 2.